The molecule has 1 atom stereocenters. The highest BCUT2D eigenvalue weighted by Gasteiger charge is 2.34. The van der Waals surface area contributed by atoms with Crippen molar-refractivity contribution in [1.82, 2.24) is 4.57 Å². The highest BCUT2D eigenvalue weighted by molar-refractivity contribution is 5.97. The highest BCUT2D eigenvalue weighted by Crippen LogP contribution is 2.32. The summed E-state index contributed by atoms with van der Waals surface area (Å²) in [6, 6.07) is 9.75. The van der Waals surface area contributed by atoms with Gasteiger partial charge in [0, 0.05) is 25.1 Å². The number of anilines is 1. The molecule has 6 nitrogen and oxygen atoms in total. The lowest BCUT2D eigenvalue weighted by molar-refractivity contribution is -0.117. The number of hydrogen-bond acceptors (Lipinski definition) is 4. The number of ether oxygens (including phenoxy) is 2. The van der Waals surface area contributed by atoms with Crippen LogP contribution in [-0.2, 0) is 9.53 Å². The maximum absolute atomic E-state index is 13.0. The predicted octanol–water partition coefficient (Wildman–Crippen LogP) is 2.26. The fourth-order valence-corrected chi connectivity index (χ4v) is 3.65. The van der Waals surface area contributed by atoms with Crippen molar-refractivity contribution < 1.29 is 14.3 Å². The summed E-state index contributed by atoms with van der Waals surface area (Å²) in [7, 11) is 1.63. The Morgan fingerprint density at radius 3 is 2.46 bits per heavy atom. The summed E-state index contributed by atoms with van der Waals surface area (Å²) in [5, 5.41) is 0. The number of amides is 1. The first-order valence-corrected chi connectivity index (χ1v) is 8.82. The maximum Gasteiger partial charge on any atom is 0.275 e. The van der Waals surface area contributed by atoms with Crippen LogP contribution in [-0.4, -0.2) is 37.3 Å². The largest absolute Gasteiger partial charge is 0.497 e. The average molecular weight is 354 g/mol. The number of benzene rings is 1. The Morgan fingerprint density at radius 2 is 1.85 bits per heavy atom. The monoisotopic (exact) mass is 354 g/mol. The van der Waals surface area contributed by atoms with Crippen LogP contribution in [0.3, 0.4) is 0 Å². The SMILES string of the molecule is COc1ccc(C2CC(=O)N(c3c(C)ccn(C4COC4)c3=O)C2)cc1. The summed E-state index contributed by atoms with van der Waals surface area (Å²) < 4.78 is 12.1. The average Bonchev–Trinajstić information content (AvgIpc) is 2.97. The van der Waals surface area contributed by atoms with Crippen molar-refractivity contribution >= 4 is 11.6 Å². The van der Waals surface area contributed by atoms with Crippen LogP contribution in [0.1, 0.15) is 29.5 Å². The molecular weight excluding hydrogens is 332 g/mol. The minimum absolute atomic E-state index is 0.00590. The molecule has 4 rings (SSSR count). The summed E-state index contributed by atoms with van der Waals surface area (Å²) in [5.74, 6) is 0.862. The molecule has 0 N–H and O–H groups in total. The van der Waals surface area contributed by atoms with E-state index in [1.807, 2.05) is 37.3 Å². The first-order chi connectivity index (χ1) is 12.6. The maximum atomic E-state index is 13.0. The second-order valence-corrected chi connectivity index (χ2v) is 6.93. The topological polar surface area (TPSA) is 60.8 Å². The molecule has 1 aromatic carbocycles. The third-order valence-corrected chi connectivity index (χ3v) is 5.29. The predicted molar refractivity (Wildman–Crippen MR) is 98.0 cm³/mol. The van der Waals surface area contributed by atoms with E-state index < -0.39 is 0 Å². The summed E-state index contributed by atoms with van der Waals surface area (Å²) in [6.07, 6.45) is 2.21. The lowest BCUT2D eigenvalue weighted by Gasteiger charge is -2.29. The van der Waals surface area contributed by atoms with E-state index in [9.17, 15) is 9.59 Å². The minimum Gasteiger partial charge on any atom is -0.497 e. The van der Waals surface area contributed by atoms with Gasteiger partial charge in [-0.25, -0.2) is 0 Å². The molecule has 0 bridgehead atoms. The van der Waals surface area contributed by atoms with E-state index in [1.54, 1.807) is 22.8 Å². The number of pyridine rings is 1. The van der Waals surface area contributed by atoms with Crippen LogP contribution in [0.15, 0.2) is 41.3 Å². The van der Waals surface area contributed by atoms with Crippen LogP contribution < -0.4 is 15.2 Å². The number of carbonyl (C=O) groups excluding carboxylic acids is 1. The molecule has 2 saturated heterocycles. The summed E-state index contributed by atoms with van der Waals surface area (Å²) in [5.41, 5.74) is 2.31. The van der Waals surface area contributed by atoms with Crippen molar-refractivity contribution in [3.8, 4) is 5.75 Å². The van der Waals surface area contributed by atoms with Gasteiger partial charge in [-0.1, -0.05) is 12.1 Å². The third kappa shape index (κ3) is 2.80. The van der Waals surface area contributed by atoms with Gasteiger partial charge >= 0.3 is 0 Å². The lowest BCUT2D eigenvalue weighted by atomic mass is 9.98. The second kappa shape index (κ2) is 6.61. The highest BCUT2D eigenvalue weighted by atomic mass is 16.5. The van der Waals surface area contributed by atoms with Gasteiger partial charge in [-0.3, -0.25) is 9.59 Å². The standard InChI is InChI=1S/C20H22N2O4/c1-13-7-8-21(16-11-26-12-16)20(24)19(13)22-10-15(9-18(22)23)14-3-5-17(25-2)6-4-14/h3-8,15-16H,9-12H2,1-2H3. The molecule has 136 valence electrons. The molecule has 1 aromatic heterocycles. The fraction of sp³-hybridized carbons (Fsp3) is 0.400. The number of carbonyl (C=O) groups is 1. The van der Waals surface area contributed by atoms with E-state index >= 15 is 0 Å². The van der Waals surface area contributed by atoms with Crippen molar-refractivity contribution in [2.24, 2.45) is 0 Å². The Balaban J connectivity index is 1.64. The molecule has 0 spiro atoms. The Kier molecular flexibility index (Phi) is 4.28. The van der Waals surface area contributed by atoms with Gasteiger partial charge in [-0.15, -0.1) is 0 Å². The van der Waals surface area contributed by atoms with Gasteiger partial charge < -0.3 is 18.9 Å². The number of rotatable bonds is 4. The van der Waals surface area contributed by atoms with Crippen molar-refractivity contribution in [1.29, 1.82) is 0 Å². The molecule has 2 aliphatic rings. The van der Waals surface area contributed by atoms with Gasteiger partial charge in [0.1, 0.15) is 11.4 Å². The molecule has 0 saturated carbocycles. The van der Waals surface area contributed by atoms with Gasteiger partial charge in [-0.2, -0.15) is 0 Å². The molecule has 0 aliphatic carbocycles. The smallest absolute Gasteiger partial charge is 0.275 e. The number of methoxy groups -OCH3 is 1. The number of aromatic nitrogens is 1. The normalized spacial score (nSPS) is 20.3. The Labute approximate surface area is 152 Å². The first kappa shape index (κ1) is 16.8. The summed E-state index contributed by atoms with van der Waals surface area (Å²) in [6.45, 7) is 3.49. The van der Waals surface area contributed by atoms with Gasteiger partial charge in [0.05, 0.1) is 26.4 Å². The van der Waals surface area contributed by atoms with Crippen LogP contribution in [0.4, 0.5) is 5.69 Å². The van der Waals surface area contributed by atoms with Gasteiger partial charge in [0.2, 0.25) is 5.91 Å². The molecule has 0 radical (unpaired) electrons. The molecular formula is C20H22N2O4. The van der Waals surface area contributed by atoms with E-state index in [1.165, 1.54) is 0 Å². The van der Waals surface area contributed by atoms with E-state index in [2.05, 4.69) is 0 Å². The zero-order valence-electron chi connectivity index (χ0n) is 15.0. The quantitative estimate of drug-likeness (QED) is 0.845. The van der Waals surface area contributed by atoms with Crippen LogP contribution in [0.5, 0.6) is 5.75 Å². The van der Waals surface area contributed by atoms with E-state index in [-0.39, 0.29) is 23.4 Å². The molecule has 2 aromatic rings. The molecule has 2 aliphatic heterocycles. The number of nitrogens with zero attached hydrogens (tertiary/aromatic N) is 2. The molecule has 26 heavy (non-hydrogen) atoms. The van der Waals surface area contributed by atoms with E-state index in [0.717, 1.165) is 16.9 Å². The first-order valence-electron chi connectivity index (χ1n) is 8.82. The van der Waals surface area contributed by atoms with Crippen molar-refractivity contribution in [3.63, 3.8) is 0 Å². The Hall–Kier alpha value is -2.60. The molecule has 1 amide bonds. The van der Waals surface area contributed by atoms with Crippen molar-refractivity contribution in [2.75, 3.05) is 31.8 Å². The molecule has 1 unspecified atom stereocenters. The van der Waals surface area contributed by atoms with Crippen LogP contribution in [0.2, 0.25) is 0 Å². The summed E-state index contributed by atoms with van der Waals surface area (Å²) >= 11 is 0. The second-order valence-electron chi connectivity index (χ2n) is 6.93. The summed E-state index contributed by atoms with van der Waals surface area (Å²) in [4.78, 5) is 27.3. The van der Waals surface area contributed by atoms with E-state index in [4.69, 9.17) is 9.47 Å². The molecule has 2 fully saturated rings. The van der Waals surface area contributed by atoms with E-state index in [0.29, 0.717) is 31.9 Å². The van der Waals surface area contributed by atoms with Crippen LogP contribution >= 0.6 is 0 Å². The van der Waals surface area contributed by atoms with Crippen LogP contribution in [0, 0.1) is 6.92 Å². The minimum atomic E-state index is -0.109. The van der Waals surface area contributed by atoms with Gasteiger partial charge in [-0.05, 0) is 36.2 Å². The van der Waals surface area contributed by atoms with Gasteiger partial charge in [0.25, 0.3) is 5.56 Å². The number of aryl methyl sites for hydroxylation is 1. The zero-order valence-corrected chi connectivity index (χ0v) is 15.0. The van der Waals surface area contributed by atoms with Crippen molar-refractivity contribution in [2.45, 2.75) is 25.3 Å². The Morgan fingerprint density at radius 1 is 1.12 bits per heavy atom. The van der Waals surface area contributed by atoms with Crippen LogP contribution in [0.25, 0.3) is 0 Å². The molecule has 3 heterocycles. The lowest BCUT2D eigenvalue weighted by Crippen LogP contribution is -2.40. The number of hydrogen-bond donors (Lipinski definition) is 0. The van der Waals surface area contributed by atoms with Crippen molar-refractivity contribution in [3.05, 3.63) is 58.0 Å². The molecule has 6 heteroatoms. The van der Waals surface area contributed by atoms with Gasteiger partial charge in [0.15, 0.2) is 0 Å². The third-order valence-electron chi connectivity index (χ3n) is 5.29. The Bertz CT molecular complexity index is 884. The zero-order chi connectivity index (χ0) is 18.3. The fourth-order valence-electron chi connectivity index (χ4n) is 3.65.